The van der Waals surface area contributed by atoms with Crippen molar-refractivity contribution in [3.05, 3.63) is 90.0 Å². The molecule has 12 heteroatoms. The molecule has 43 heavy (non-hydrogen) atoms. The second kappa shape index (κ2) is 13.2. The Morgan fingerprint density at radius 2 is 1.44 bits per heavy atom. The molecule has 0 heterocycles. The minimum atomic E-state index is -4.33. The number of halogens is 9. The van der Waals surface area contributed by atoms with E-state index in [2.05, 4.69) is 9.47 Å². The number of hydrogen-bond acceptors (Lipinski definition) is 3. The maximum Gasteiger partial charge on any atom is 0.429 e. The SMILES string of the molecule is CCCC1CCC(C(F)(F)Oc2ccc(-c3ccc(C(F)(F)Oc4ccc(OC=C(F)F)c(F)c4)c(F)c3)c(F)c2)CC1. The first-order chi connectivity index (χ1) is 20.3. The van der Waals surface area contributed by atoms with Gasteiger partial charge in [0.2, 0.25) is 0 Å². The van der Waals surface area contributed by atoms with E-state index in [1.165, 1.54) is 0 Å². The van der Waals surface area contributed by atoms with Gasteiger partial charge in [-0.3, -0.25) is 0 Å². The second-order valence-corrected chi connectivity index (χ2v) is 10.2. The molecule has 0 atom stereocenters. The van der Waals surface area contributed by atoms with Crippen molar-refractivity contribution in [2.75, 3.05) is 0 Å². The fourth-order valence-electron chi connectivity index (χ4n) is 5.10. The van der Waals surface area contributed by atoms with E-state index in [-0.39, 0.29) is 30.2 Å². The van der Waals surface area contributed by atoms with Crippen LogP contribution in [-0.4, -0.2) is 6.11 Å². The molecule has 1 aliphatic carbocycles. The lowest BCUT2D eigenvalue weighted by molar-refractivity contribution is -0.223. The third kappa shape index (κ3) is 7.97. The highest BCUT2D eigenvalue weighted by Gasteiger charge is 2.44. The van der Waals surface area contributed by atoms with Gasteiger partial charge < -0.3 is 14.2 Å². The molecule has 0 saturated heterocycles. The molecule has 0 aliphatic heterocycles. The fourth-order valence-corrected chi connectivity index (χ4v) is 5.10. The van der Waals surface area contributed by atoms with Gasteiger partial charge in [0.1, 0.15) is 23.1 Å². The zero-order valence-electron chi connectivity index (χ0n) is 22.8. The van der Waals surface area contributed by atoms with Gasteiger partial charge in [-0.05, 0) is 73.6 Å². The van der Waals surface area contributed by atoms with Crippen molar-refractivity contribution in [2.45, 2.75) is 57.7 Å². The summed E-state index contributed by atoms with van der Waals surface area (Å²) in [6, 6.07) is 7.04. The van der Waals surface area contributed by atoms with Crippen LogP contribution in [0.5, 0.6) is 17.2 Å². The monoisotopic (exact) mass is 618 g/mol. The minimum absolute atomic E-state index is 0.0527. The Kier molecular flexibility index (Phi) is 9.86. The third-order valence-electron chi connectivity index (χ3n) is 7.23. The van der Waals surface area contributed by atoms with Gasteiger partial charge in [-0.25, -0.2) is 13.2 Å². The highest BCUT2D eigenvalue weighted by atomic mass is 19.3. The quantitative estimate of drug-likeness (QED) is 0.158. The first kappa shape index (κ1) is 32.1. The van der Waals surface area contributed by atoms with E-state index in [1.54, 1.807) is 0 Å². The van der Waals surface area contributed by atoms with E-state index in [1.807, 2.05) is 6.92 Å². The van der Waals surface area contributed by atoms with Crippen LogP contribution < -0.4 is 14.2 Å². The topological polar surface area (TPSA) is 27.7 Å². The van der Waals surface area contributed by atoms with E-state index in [4.69, 9.17) is 4.74 Å². The van der Waals surface area contributed by atoms with Gasteiger partial charge >= 0.3 is 18.3 Å². The predicted octanol–water partition coefficient (Wildman–Crippen LogP) is 10.6. The van der Waals surface area contributed by atoms with Crippen LogP contribution in [-0.2, 0) is 6.11 Å². The molecule has 3 aromatic carbocycles. The summed E-state index contributed by atoms with van der Waals surface area (Å²) in [5, 5.41) is 0. The zero-order valence-corrected chi connectivity index (χ0v) is 22.8. The Morgan fingerprint density at radius 1 is 0.791 bits per heavy atom. The average molecular weight is 619 g/mol. The van der Waals surface area contributed by atoms with Gasteiger partial charge in [0, 0.05) is 17.7 Å². The largest absolute Gasteiger partial charge is 0.456 e. The van der Waals surface area contributed by atoms with Crippen LogP contribution in [0.15, 0.2) is 66.9 Å². The molecular formula is C31H27F9O3. The number of hydrogen-bond donors (Lipinski definition) is 0. The molecule has 0 amide bonds. The molecule has 1 fully saturated rings. The molecule has 1 saturated carbocycles. The lowest BCUT2D eigenvalue weighted by atomic mass is 9.79. The van der Waals surface area contributed by atoms with E-state index >= 15 is 0 Å². The van der Waals surface area contributed by atoms with Gasteiger partial charge in [-0.1, -0.05) is 25.8 Å². The molecular weight excluding hydrogens is 591 g/mol. The Labute approximate surface area is 241 Å². The lowest BCUT2D eigenvalue weighted by Gasteiger charge is -2.33. The predicted molar refractivity (Wildman–Crippen MR) is 140 cm³/mol. The van der Waals surface area contributed by atoms with E-state index in [0.29, 0.717) is 37.0 Å². The number of benzene rings is 3. The van der Waals surface area contributed by atoms with Crippen molar-refractivity contribution in [3.8, 4) is 28.4 Å². The maximum absolute atomic E-state index is 14.9. The molecule has 1 aliphatic rings. The van der Waals surface area contributed by atoms with Crippen molar-refractivity contribution in [1.29, 1.82) is 0 Å². The van der Waals surface area contributed by atoms with Gasteiger partial charge in [-0.2, -0.15) is 26.3 Å². The summed E-state index contributed by atoms with van der Waals surface area (Å²) >= 11 is 0. The lowest BCUT2D eigenvalue weighted by Crippen LogP contribution is -2.37. The molecule has 0 bridgehead atoms. The molecule has 4 rings (SSSR count). The Balaban J connectivity index is 1.45. The molecule has 3 nitrogen and oxygen atoms in total. The van der Waals surface area contributed by atoms with Crippen LogP contribution in [0.2, 0.25) is 0 Å². The Morgan fingerprint density at radius 3 is 2.05 bits per heavy atom. The Bertz CT molecular complexity index is 1450. The van der Waals surface area contributed by atoms with Crippen LogP contribution in [0.3, 0.4) is 0 Å². The van der Waals surface area contributed by atoms with E-state index < -0.39 is 64.5 Å². The van der Waals surface area contributed by atoms with Crippen molar-refractivity contribution in [2.24, 2.45) is 11.8 Å². The molecule has 0 N–H and O–H groups in total. The van der Waals surface area contributed by atoms with Crippen molar-refractivity contribution in [3.63, 3.8) is 0 Å². The van der Waals surface area contributed by atoms with Crippen molar-refractivity contribution in [1.82, 2.24) is 0 Å². The Hall–Kier alpha value is -3.83. The van der Waals surface area contributed by atoms with Gasteiger partial charge in [-0.15, -0.1) is 0 Å². The summed E-state index contributed by atoms with van der Waals surface area (Å²) in [6.07, 6.45) is -6.31. The van der Waals surface area contributed by atoms with Gasteiger partial charge in [0.05, 0.1) is 11.5 Å². The summed E-state index contributed by atoms with van der Waals surface area (Å²) in [5.74, 6) is -6.37. The van der Waals surface area contributed by atoms with Gasteiger partial charge in [0.25, 0.3) is 0 Å². The molecule has 0 aromatic heterocycles. The molecule has 0 unspecified atom stereocenters. The summed E-state index contributed by atoms with van der Waals surface area (Å²) in [6.45, 7) is 2.04. The van der Waals surface area contributed by atoms with E-state index in [9.17, 15) is 39.5 Å². The van der Waals surface area contributed by atoms with Gasteiger partial charge in [0.15, 0.2) is 17.8 Å². The van der Waals surface area contributed by atoms with Crippen LogP contribution >= 0.6 is 0 Å². The first-order valence-corrected chi connectivity index (χ1v) is 13.5. The third-order valence-corrected chi connectivity index (χ3v) is 7.23. The maximum atomic E-state index is 14.9. The summed E-state index contributed by atoms with van der Waals surface area (Å²) in [4.78, 5) is 0. The highest BCUT2D eigenvalue weighted by Crippen LogP contribution is 2.42. The normalized spacial score (nSPS) is 17.3. The van der Waals surface area contributed by atoms with Crippen LogP contribution in [0, 0.1) is 29.3 Å². The summed E-state index contributed by atoms with van der Waals surface area (Å²) < 4.78 is 141. The average Bonchev–Trinajstić information content (AvgIpc) is 2.92. The number of ether oxygens (including phenoxy) is 3. The summed E-state index contributed by atoms with van der Waals surface area (Å²) in [5.41, 5.74) is -1.71. The van der Waals surface area contributed by atoms with E-state index in [0.717, 1.165) is 49.2 Å². The van der Waals surface area contributed by atoms with Crippen LogP contribution in [0.25, 0.3) is 11.1 Å². The number of rotatable bonds is 11. The van der Waals surface area contributed by atoms with Crippen LogP contribution in [0.4, 0.5) is 39.5 Å². The molecule has 0 radical (unpaired) electrons. The fraction of sp³-hybridized carbons (Fsp3) is 0.355. The molecule has 0 spiro atoms. The number of alkyl halides is 4. The smallest absolute Gasteiger partial charge is 0.429 e. The second-order valence-electron chi connectivity index (χ2n) is 10.2. The van der Waals surface area contributed by atoms with Crippen molar-refractivity contribution >= 4 is 0 Å². The highest BCUT2D eigenvalue weighted by molar-refractivity contribution is 5.65. The molecule has 232 valence electrons. The minimum Gasteiger partial charge on any atom is -0.456 e. The van der Waals surface area contributed by atoms with Crippen LogP contribution in [0.1, 0.15) is 51.0 Å². The zero-order chi connectivity index (χ0) is 31.4. The summed E-state index contributed by atoms with van der Waals surface area (Å²) in [7, 11) is 0. The van der Waals surface area contributed by atoms with Crippen molar-refractivity contribution < 1.29 is 53.7 Å². The standard InChI is InChI=1S/C31H27F9O3/c1-2-3-18-4-7-20(8-5-18)30(37,38)42-21-9-11-23(25(32)15-21)19-6-12-24(26(33)14-19)31(39,40)43-22-10-13-28(27(34)16-22)41-17-29(35)36/h6,9-18,20H,2-5,7-8H2,1H3. The first-order valence-electron chi connectivity index (χ1n) is 13.5. The molecule has 3 aromatic rings.